The number of anilines is 2. The van der Waals surface area contributed by atoms with Crippen molar-refractivity contribution in [3.63, 3.8) is 0 Å². The topological polar surface area (TPSA) is 58.3 Å². The Balaban J connectivity index is 1.71. The Kier molecular flexibility index (Phi) is 3.78. The van der Waals surface area contributed by atoms with E-state index in [1.165, 1.54) is 10.8 Å². The molecular weight excluding hydrogens is 298 g/mol. The molecule has 0 saturated carbocycles. The first-order valence-corrected chi connectivity index (χ1v) is 8.26. The van der Waals surface area contributed by atoms with E-state index in [2.05, 4.69) is 69.3 Å². The first kappa shape index (κ1) is 14.9. The van der Waals surface area contributed by atoms with Crippen LogP contribution in [0.5, 0.6) is 0 Å². The second-order valence-electron chi connectivity index (χ2n) is 6.32. The Bertz CT molecular complexity index is 869. The molecule has 5 nitrogen and oxygen atoms in total. The van der Waals surface area contributed by atoms with Gasteiger partial charge in [-0.15, -0.1) is 0 Å². The van der Waals surface area contributed by atoms with Crippen LogP contribution in [0, 0.1) is 0 Å². The Morgan fingerprint density at radius 1 is 0.875 bits per heavy atom. The number of nitrogen functional groups attached to an aromatic ring is 1. The number of fused-ring (bicyclic) bond motifs is 1. The maximum absolute atomic E-state index is 5.98. The molecule has 0 atom stereocenters. The minimum absolute atomic E-state index is 0.328. The van der Waals surface area contributed by atoms with E-state index in [0.717, 1.165) is 43.3 Å². The molecule has 3 aromatic rings. The predicted molar refractivity (Wildman–Crippen MR) is 99.1 cm³/mol. The van der Waals surface area contributed by atoms with Crippen LogP contribution in [0.3, 0.4) is 0 Å². The van der Waals surface area contributed by atoms with Gasteiger partial charge in [-0.25, -0.2) is 4.98 Å². The molecule has 4 rings (SSSR count). The first-order chi connectivity index (χ1) is 11.7. The predicted octanol–water partition coefficient (Wildman–Crippen LogP) is 2.63. The number of nitrogens with zero attached hydrogens (tertiary/aromatic N) is 4. The van der Waals surface area contributed by atoms with Crippen LogP contribution < -0.4 is 10.6 Å². The molecule has 1 aliphatic rings. The summed E-state index contributed by atoms with van der Waals surface area (Å²) in [5.41, 5.74) is 7.93. The number of likely N-dealkylation sites (N-methyl/N-ethyl adjacent to an activating group) is 1. The molecule has 0 bridgehead atoms. The zero-order valence-electron chi connectivity index (χ0n) is 13.8. The standard InChI is InChI=1S/C19H21N5/c1-23-8-10-24(11-9-23)18-13-17(21-19(20)22-18)16-7-6-14-4-2-3-5-15(14)12-16/h2-7,12-13H,8-11H2,1H3,(H2,20,21,22). The lowest BCUT2D eigenvalue weighted by Crippen LogP contribution is -2.44. The van der Waals surface area contributed by atoms with Crippen LogP contribution in [0.4, 0.5) is 11.8 Å². The van der Waals surface area contributed by atoms with Crippen LogP contribution in [-0.2, 0) is 0 Å². The monoisotopic (exact) mass is 319 g/mol. The second kappa shape index (κ2) is 6.09. The fourth-order valence-electron chi connectivity index (χ4n) is 3.15. The molecule has 0 radical (unpaired) electrons. The van der Waals surface area contributed by atoms with Crippen molar-refractivity contribution >= 4 is 22.5 Å². The molecule has 122 valence electrons. The number of hydrogen-bond acceptors (Lipinski definition) is 5. The molecule has 0 spiro atoms. The fourth-order valence-corrected chi connectivity index (χ4v) is 3.15. The van der Waals surface area contributed by atoms with Gasteiger partial charge >= 0.3 is 0 Å². The van der Waals surface area contributed by atoms with Gasteiger partial charge in [0.1, 0.15) is 5.82 Å². The lowest BCUT2D eigenvalue weighted by atomic mass is 10.0. The highest BCUT2D eigenvalue weighted by molar-refractivity contribution is 5.87. The maximum atomic E-state index is 5.98. The summed E-state index contributed by atoms with van der Waals surface area (Å²) < 4.78 is 0. The van der Waals surface area contributed by atoms with Crippen LogP contribution in [0.2, 0.25) is 0 Å². The third kappa shape index (κ3) is 2.90. The molecule has 1 fully saturated rings. The van der Waals surface area contributed by atoms with Crippen molar-refractivity contribution in [1.82, 2.24) is 14.9 Å². The van der Waals surface area contributed by atoms with Gasteiger partial charge in [0.25, 0.3) is 0 Å². The Morgan fingerprint density at radius 3 is 2.42 bits per heavy atom. The van der Waals surface area contributed by atoms with Gasteiger partial charge in [-0.1, -0.05) is 36.4 Å². The largest absolute Gasteiger partial charge is 0.368 e. The van der Waals surface area contributed by atoms with E-state index in [0.29, 0.717) is 5.95 Å². The average Bonchev–Trinajstić information content (AvgIpc) is 2.61. The van der Waals surface area contributed by atoms with Gasteiger partial charge in [-0.2, -0.15) is 4.98 Å². The van der Waals surface area contributed by atoms with Crippen LogP contribution >= 0.6 is 0 Å². The van der Waals surface area contributed by atoms with E-state index in [4.69, 9.17) is 5.73 Å². The van der Waals surface area contributed by atoms with Crippen LogP contribution in [-0.4, -0.2) is 48.1 Å². The van der Waals surface area contributed by atoms with Crippen molar-refractivity contribution < 1.29 is 0 Å². The molecule has 0 amide bonds. The van der Waals surface area contributed by atoms with Crippen molar-refractivity contribution in [1.29, 1.82) is 0 Å². The number of benzene rings is 2. The lowest BCUT2D eigenvalue weighted by molar-refractivity contribution is 0.312. The average molecular weight is 319 g/mol. The van der Waals surface area contributed by atoms with Crippen LogP contribution in [0.1, 0.15) is 0 Å². The van der Waals surface area contributed by atoms with E-state index in [1.54, 1.807) is 0 Å². The summed E-state index contributed by atoms with van der Waals surface area (Å²) in [6.45, 7) is 4.00. The van der Waals surface area contributed by atoms with Gasteiger partial charge in [-0.05, 0) is 23.9 Å². The quantitative estimate of drug-likeness (QED) is 0.787. The third-order valence-electron chi connectivity index (χ3n) is 4.60. The molecular formula is C19H21N5. The summed E-state index contributed by atoms with van der Waals surface area (Å²) in [6, 6.07) is 16.8. The molecule has 2 aromatic carbocycles. The van der Waals surface area contributed by atoms with Crippen molar-refractivity contribution in [2.75, 3.05) is 43.9 Å². The molecule has 5 heteroatoms. The zero-order valence-corrected chi connectivity index (χ0v) is 13.8. The number of hydrogen-bond donors (Lipinski definition) is 1. The molecule has 2 N–H and O–H groups in total. The fraction of sp³-hybridized carbons (Fsp3) is 0.263. The Morgan fingerprint density at radius 2 is 1.62 bits per heavy atom. The number of rotatable bonds is 2. The molecule has 1 aromatic heterocycles. The number of nitrogens with two attached hydrogens (primary N) is 1. The van der Waals surface area contributed by atoms with Gasteiger partial charge in [-0.3, -0.25) is 0 Å². The Hall–Kier alpha value is -2.66. The lowest BCUT2D eigenvalue weighted by Gasteiger charge is -2.33. The summed E-state index contributed by atoms with van der Waals surface area (Å²) in [6.07, 6.45) is 0. The van der Waals surface area contributed by atoms with E-state index in [1.807, 2.05) is 6.07 Å². The van der Waals surface area contributed by atoms with Crippen molar-refractivity contribution in [3.05, 3.63) is 48.5 Å². The molecule has 0 aliphatic carbocycles. The highest BCUT2D eigenvalue weighted by Gasteiger charge is 2.17. The second-order valence-corrected chi connectivity index (χ2v) is 6.32. The summed E-state index contributed by atoms with van der Waals surface area (Å²) in [5.74, 6) is 1.24. The van der Waals surface area contributed by atoms with Crippen molar-refractivity contribution in [3.8, 4) is 11.3 Å². The van der Waals surface area contributed by atoms with E-state index in [9.17, 15) is 0 Å². The normalized spacial score (nSPS) is 15.8. The highest BCUT2D eigenvalue weighted by Crippen LogP contribution is 2.26. The molecule has 0 unspecified atom stereocenters. The van der Waals surface area contributed by atoms with Gasteiger partial charge in [0.15, 0.2) is 0 Å². The van der Waals surface area contributed by atoms with Gasteiger partial charge in [0.05, 0.1) is 5.69 Å². The summed E-state index contributed by atoms with van der Waals surface area (Å²) in [5, 5.41) is 2.43. The Labute approximate surface area is 141 Å². The minimum Gasteiger partial charge on any atom is -0.368 e. The molecule has 24 heavy (non-hydrogen) atoms. The molecule has 1 saturated heterocycles. The molecule has 2 heterocycles. The smallest absolute Gasteiger partial charge is 0.222 e. The van der Waals surface area contributed by atoms with Crippen LogP contribution in [0.15, 0.2) is 48.5 Å². The van der Waals surface area contributed by atoms with E-state index < -0.39 is 0 Å². The number of piperazine rings is 1. The van der Waals surface area contributed by atoms with Crippen molar-refractivity contribution in [2.45, 2.75) is 0 Å². The SMILES string of the molecule is CN1CCN(c2cc(-c3ccc4ccccc4c3)nc(N)n2)CC1. The third-order valence-corrected chi connectivity index (χ3v) is 4.60. The first-order valence-electron chi connectivity index (χ1n) is 8.26. The summed E-state index contributed by atoms with van der Waals surface area (Å²) in [7, 11) is 2.15. The van der Waals surface area contributed by atoms with E-state index >= 15 is 0 Å². The van der Waals surface area contributed by atoms with Crippen LogP contribution in [0.25, 0.3) is 22.0 Å². The number of aromatic nitrogens is 2. The van der Waals surface area contributed by atoms with Gasteiger partial charge in [0, 0.05) is 37.8 Å². The minimum atomic E-state index is 0.328. The zero-order chi connectivity index (χ0) is 16.5. The van der Waals surface area contributed by atoms with Gasteiger partial charge in [0.2, 0.25) is 5.95 Å². The summed E-state index contributed by atoms with van der Waals surface area (Å²) >= 11 is 0. The van der Waals surface area contributed by atoms with E-state index in [-0.39, 0.29) is 0 Å². The van der Waals surface area contributed by atoms with Gasteiger partial charge < -0.3 is 15.5 Å². The molecule has 1 aliphatic heterocycles. The van der Waals surface area contributed by atoms with Crippen molar-refractivity contribution in [2.24, 2.45) is 0 Å². The maximum Gasteiger partial charge on any atom is 0.222 e. The highest BCUT2D eigenvalue weighted by atomic mass is 15.3. The summed E-state index contributed by atoms with van der Waals surface area (Å²) in [4.78, 5) is 13.5.